The second-order valence-corrected chi connectivity index (χ2v) is 8.12. The molecule has 0 amide bonds. The topological polar surface area (TPSA) is 57.6 Å². The Bertz CT molecular complexity index is 970. The zero-order valence-electron chi connectivity index (χ0n) is 14.2. The first-order valence-corrected chi connectivity index (χ1v) is 9.55. The zero-order chi connectivity index (χ0) is 18.0. The van der Waals surface area contributed by atoms with Gasteiger partial charge in [0.15, 0.2) is 0 Å². The van der Waals surface area contributed by atoms with Crippen molar-refractivity contribution in [3.8, 4) is 0 Å². The summed E-state index contributed by atoms with van der Waals surface area (Å²) in [5.41, 5.74) is 0.690. The first-order chi connectivity index (χ1) is 11.9. The van der Waals surface area contributed by atoms with Gasteiger partial charge in [-0.15, -0.1) is 0 Å². The summed E-state index contributed by atoms with van der Waals surface area (Å²) < 4.78 is 27.2. The van der Waals surface area contributed by atoms with E-state index >= 15 is 0 Å². The van der Waals surface area contributed by atoms with Crippen molar-refractivity contribution in [1.82, 2.24) is 4.31 Å². The van der Waals surface area contributed by atoms with Gasteiger partial charge in [0, 0.05) is 7.05 Å². The minimum Gasteiger partial charge on any atom is -0.387 e. The normalized spacial score (nSPS) is 14.6. The number of aliphatic hydroxyl groups excluding tert-OH is 1. The number of hydrogen-bond donors (Lipinski definition) is 1. The van der Waals surface area contributed by atoms with E-state index in [1.807, 2.05) is 42.5 Å². The van der Waals surface area contributed by atoms with Crippen molar-refractivity contribution in [3.63, 3.8) is 0 Å². The smallest absolute Gasteiger partial charge is 0.243 e. The predicted molar refractivity (Wildman–Crippen MR) is 99.8 cm³/mol. The SMILES string of the molecule is C[C@@H]([C@H](O)c1ccccc1)N(C)S(=O)(=O)c1ccc2ccccc2c1. The lowest BCUT2D eigenvalue weighted by atomic mass is 10.0. The first kappa shape index (κ1) is 17.6. The number of rotatable bonds is 5. The fourth-order valence-corrected chi connectivity index (χ4v) is 4.24. The highest BCUT2D eigenvalue weighted by Gasteiger charge is 2.30. The van der Waals surface area contributed by atoms with E-state index < -0.39 is 22.2 Å². The molecule has 0 spiro atoms. The van der Waals surface area contributed by atoms with E-state index in [2.05, 4.69) is 0 Å². The highest BCUT2D eigenvalue weighted by molar-refractivity contribution is 7.89. The van der Waals surface area contributed by atoms with Gasteiger partial charge in [-0.25, -0.2) is 8.42 Å². The van der Waals surface area contributed by atoms with Gasteiger partial charge in [-0.2, -0.15) is 4.31 Å². The predicted octanol–water partition coefficient (Wildman–Crippen LogP) is 3.58. The maximum atomic E-state index is 13.0. The number of sulfonamides is 1. The number of nitrogens with zero attached hydrogens (tertiary/aromatic N) is 1. The molecule has 3 aromatic rings. The Labute approximate surface area is 148 Å². The van der Waals surface area contributed by atoms with E-state index in [0.717, 1.165) is 10.8 Å². The second-order valence-electron chi connectivity index (χ2n) is 6.13. The molecule has 0 radical (unpaired) electrons. The maximum absolute atomic E-state index is 13.0. The number of fused-ring (bicyclic) bond motifs is 1. The van der Waals surface area contributed by atoms with E-state index in [9.17, 15) is 13.5 Å². The van der Waals surface area contributed by atoms with Gasteiger partial charge in [0.05, 0.1) is 17.0 Å². The van der Waals surface area contributed by atoms with Crippen LogP contribution in [0.4, 0.5) is 0 Å². The lowest BCUT2D eigenvalue weighted by molar-refractivity contribution is 0.108. The summed E-state index contributed by atoms with van der Waals surface area (Å²) in [6.45, 7) is 1.70. The van der Waals surface area contributed by atoms with Crippen molar-refractivity contribution in [3.05, 3.63) is 78.4 Å². The summed E-state index contributed by atoms with van der Waals surface area (Å²) in [6, 6.07) is 21.2. The minimum atomic E-state index is -3.71. The molecule has 4 nitrogen and oxygen atoms in total. The number of hydrogen-bond acceptors (Lipinski definition) is 3. The number of likely N-dealkylation sites (N-methyl/N-ethyl adjacent to an activating group) is 1. The molecule has 0 saturated heterocycles. The quantitative estimate of drug-likeness (QED) is 0.761. The van der Waals surface area contributed by atoms with E-state index in [0.29, 0.717) is 5.56 Å². The fraction of sp³-hybridized carbons (Fsp3) is 0.200. The zero-order valence-corrected chi connectivity index (χ0v) is 15.0. The van der Waals surface area contributed by atoms with Crippen molar-refractivity contribution >= 4 is 20.8 Å². The van der Waals surface area contributed by atoms with Gasteiger partial charge < -0.3 is 5.11 Å². The van der Waals surface area contributed by atoms with Crippen LogP contribution in [0.25, 0.3) is 10.8 Å². The third-order valence-electron chi connectivity index (χ3n) is 4.57. The molecule has 0 unspecified atom stereocenters. The first-order valence-electron chi connectivity index (χ1n) is 8.11. The van der Waals surface area contributed by atoms with Crippen molar-refractivity contribution < 1.29 is 13.5 Å². The van der Waals surface area contributed by atoms with Crippen molar-refractivity contribution in [2.45, 2.75) is 24.0 Å². The monoisotopic (exact) mass is 355 g/mol. The Morgan fingerprint density at radius 2 is 1.48 bits per heavy atom. The molecule has 5 heteroatoms. The van der Waals surface area contributed by atoms with E-state index in [4.69, 9.17) is 0 Å². The van der Waals surface area contributed by atoms with Crippen molar-refractivity contribution in [2.24, 2.45) is 0 Å². The molecular formula is C20H21NO3S. The lowest BCUT2D eigenvalue weighted by Crippen LogP contribution is -2.39. The van der Waals surface area contributed by atoms with Gasteiger partial charge in [-0.1, -0.05) is 60.7 Å². The van der Waals surface area contributed by atoms with Gasteiger partial charge in [-0.3, -0.25) is 0 Å². The molecule has 3 rings (SSSR count). The molecule has 3 aromatic carbocycles. The van der Waals surface area contributed by atoms with Crippen LogP contribution in [0, 0.1) is 0 Å². The van der Waals surface area contributed by atoms with Gasteiger partial charge in [0.2, 0.25) is 10.0 Å². The largest absolute Gasteiger partial charge is 0.387 e. The third-order valence-corrected chi connectivity index (χ3v) is 6.51. The Kier molecular flexibility index (Phi) is 4.90. The molecule has 0 aliphatic rings. The lowest BCUT2D eigenvalue weighted by Gasteiger charge is -2.28. The van der Waals surface area contributed by atoms with Crippen molar-refractivity contribution in [1.29, 1.82) is 0 Å². The van der Waals surface area contributed by atoms with E-state index in [1.165, 1.54) is 11.4 Å². The van der Waals surface area contributed by atoms with Crippen molar-refractivity contribution in [2.75, 3.05) is 7.05 Å². The Morgan fingerprint density at radius 1 is 0.880 bits per heavy atom. The van der Waals surface area contributed by atoms with Crippen LogP contribution in [-0.2, 0) is 10.0 Å². The average molecular weight is 355 g/mol. The average Bonchev–Trinajstić information content (AvgIpc) is 2.66. The molecular weight excluding hydrogens is 334 g/mol. The van der Waals surface area contributed by atoms with Crippen LogP contribution in [0.5, 0.6) is 0 Å². The minimum absolute atomic E-state index is 0.223. The molecule has 2 atom stereocenters. The summed E-state index contributed by atoms with van der Waals surface area (Å²) in [7, 11) is -2.21. The molecule has 1 N–H and O–H groups in total. The molecule has 0 aromatic heterocycles. The Balaban J connectivity index is 1.92. The summed E-state index contributed by atoms with van der Waals surface area (Å²) in [5.74, 6) is 0. The summed E-state index contributed by atoms with van der Waals surface area (Å²) in [5, 5.41) is 12.4. The van der Waals surface area contributed by atoms with Crippen LogP contribution in [-0.4, -0.2) is 30.9 Å². The maximum Gasteiger partial charge on any atom is 0.243 e. The molecule has 0 heterocycles. The number of benzene rings is 3. The Hall–Kier alpha value is -2.21. The molecule has 0 aliphatic carbocycles. The van der Waals surface area contributed by atoms with Crippen LogP contribution in [0.15, 0.2) is 77.7 Å². The van der Waals surface area contributed by atoms with Crippen LogP contribution < -0.4 is 0 Å². The van der Waals surface area contributed by atoms with E-state index in [-0.39, 0.29) is 4.90 Å². The van der Waals surface area contributed by atoms with Gasteiger partial charge in [-0.05, 0) is 35.4 Å². The van der Waals surface area contributed by atoms with Crippen LogP contribution >= 0.6 is 0 Å². The Morgan fingerprint density at radius 3 is 2.16 bits per heavy atom. The highest BCUT2D eigenvalue weighted by Crippen LogP contribution is 2.26. The third kappa shape index (κ3) is 3.44. The fourth-order valence-electron chi connectivity index (χ4n) is 2.84. The molecule has 0 aliphatic heterocycles. The molecule has 0 saturated carbocycles. The second kappa shape index (κ2) is 6.96. The number of aliphatic hydroxyl groups is 1. The summed E-state index contributed by atoms with van der Waals surface area (Å²) >= 11 is 0. The molecule has 0 bridgehead atoms. The van der Waals surface area contributed by atoms with E-state index in [1.54, 1.807) is 37.3 Å². The molecule has 0 fully saturated rings. The molecule has 25 heavy (non-hydrogen) atoms. The summed E-state index contributed by atoms with van der Waals surface area (Å²) in [6.07, 6.45) is -0.901. The van der Waals surface area contributed by atoms with Gasteiger partial charge in [0.1, 0.15) is 0 Å². The summed E-state index contributed by atoms with van der Waals surface area (Å²) in [4.78, 5) is 0.223. The van der Waals surface area contributed by atoms with Crippen LogP contribution in [0.1, 0.15) is 18.6 Å². The standard InChI is InChI=1S/C20H21NO3S/c1-15(20(22)17-9-4-3-5-10-17)21(2)25(23,24)19-13-12-16-8-6-7-11-18(16)14-19/h3-15,20,22H,1-2H3/t15-,20-/m0/s1. The van der Waals surface area contributed by atoms with Gasteiger partial charge in [0.25, 0.3) is 0 Å². The van der Waals surface area contributed by atoms with Crippen LogP contribution in [0.3, 0.4) is 0 Å². The van der Waals surface area contributed by atoms with Gasteiger partial charge >= 0.3 is 0 Å². The van der Waals surface area contributed by atoms with Crippen LogP contribution in [0.2, 0.25) is 0 Å². The molecule has 130 valence electrons. The highest BCUT2D eigenvalue weighted by atomic mass is 32.2.